The summed E-state index contributed by atoms with van der Waals surface area (Å²) in [5.74, 6) is -1.03. The maximum Gasteiger partial charge on any atom is 0.306 e. The van der Waals surface area contributed by atoms with Crippen LogP contribution in [-0.2, 0) is 23.9 Å². The molecule has 6 nitrogen and oxygen atoms in total. The van der Waals surface area contributed by atoms with E-state index in [-0.39, 0.29) is 41.9 Å². The van der Waals surface area contributed by atoms with E-state index in [1.165, 1.54) is 6.08 Å². The number of unbranched alkanes of at least 4 members (excludes halogenated alkanes) is 1. The van der Waals surface area contributed by atoms with E-state index in [1.54, 1.807) is 12.2 Å². The first-order valence-electron chi connectivity index (χ1n) is 14.0. The van der Waals surface area contributed by atoms with Gasteiger partial charge in [-0.2, -0.15) is 0 Å². The van der Waals surface area contributed by atoms with Gasteiger partial charge in [0, 0.05) is 23.2 Å². The molecule has 0 spiro atoms. The Morgan fingerprint density at radius 1 is 1.19 bits per heavy atom. The highest BCUT2D eigenvalue weighted by molar-refractivity contribution is 6.01. The average molecular weight is 515 g/mol. The largest absolute Gasteiger partial charge is 0.458 e. The van der Waals surface area contributed by atoms with Gasteiger partial charge in [0.1, 0.15) is 0 Å². The number of hydrogen-bond donors (Lipinski definition) is 1. The summed E-state index contributed by atoms with van der Waals surface area (Å²) in [7, 11) is 0. The number of ketones is 2. The second-order valence-electron chi connectivity index (χ2n) is 13.4. The molecule has 0 bridgehead atoms. The van der Waals surface area contributed by atoms with Crippen molar-refractivity contribution in [2.75, 3.05) is 13.2 Å². The minimum absolute atomic E-state index is 0.0617. The van der Waals surface area contributed by atoms with Crippen molar-refractivity contribution >= 4 is 17.5 Å². The predicted molar refractivity (Wildman–Crippen MR) is 133 cm³/mol. The molecule has 0 aromatic carbocycles. The molecule has 0 radical (unpaired) electrons. The minimum Gasteiger partial charge on any atom is -0.458 e. The molecule has 0 amide bonds. The first-order valence-corrected chi connectivity index (χ1v) is 14.0. The molecule has 37 heavy (non-hydrogen) atoms. The molecular formula is C30H39FO6. The molecule has 5 aliphatic carbocycles. The van der Waals surface area contributed by atoms with Crippen molar-refractivity contribution in [3.05, 3.63) is 23.8 Å². The summed E-state index contributed by atoms with van der Waals surface area (Å²) in [6, 6.07) is 0. The van der Waals surface area contributed by atoms with E-state index in [0.29, 0.717) is 31.8 Å². The van der Waals surface area contributed by atoms with Crippen molar-refractivity contribution in [3.63, 3.8) is 0 Å². The van der Waals surface area contributed by atoms with E-state index in [1.807, 2.05) is 6.92 Å². The van der Waals surface area contributed by atoms with Crippen molar-refractivity contribution in [2.45, 2.75) is 96.4 Å². The number of allylic oxidation sites excluding steroid dienone is 4. The number of carbonyl (C=O) groups is 3. The van der Waals surface area contributed by atoms with E-state index < -0.39 is 33.9 Å². The van der Waals surface area contributed by atoms with E-state index in [9.17, 15) is 19.5 Å². The number of hydrogen-bond acceptors (Lipinski definition) is 6. The third-order valence-electron chi connectivity index (χ3n) is 11.6. The minimum atomic E-state index is -1.90. The SMILES string of the molecule is C[C@]12C[C@H]3[C@@H]4CCC5=CC(=O)C=C[C@]5(C)[C@@]4(F)[C@@H](O)C[C@]3(C)[C@]1(C(=O)COC(=O)CCCCC1CO1)C2. The van der Waals surface area contributed by atoms with Gasteiger partial charge >= 0.3 is 5.97 Å². The summed E-state index contributed by atoms with van der Waals surface area (Å²) >= 11 is 0. The molecule has 202 valence electrons. The lowest BCUT2D eigenvalue weighted by Crippen LogP contribution is -2.67. The number of aliphatic hydroxyl groups excluding tert-OH is 1. The molecule has 1 heterocycles. The number of rotatable bonds is 8. The van der Waals surface area contributed by atoms with Gasteiger partial charge in [0.25, 0.3) is 0 Å². The maximum atomic E-state index is 17.3. The summed E-state index contributed by atoms with van der Waals surface area (Å²) in [6.07, 6.45) is 9.38. The summed E-state index contributed by atoms with van der Waals surface area (Å²) in [5, 5.41) is 11.5. The first kappa shape index (κ1) is 25.4. The molecule has 9 atom stereocenters. The first-order chi connectivity index (χ1) is 17.4. The van der Waals surface area contributed by atoms with Gasteiger partial charge in [0.05, 0.1) is 18.8 Å². The summed E-state index contributed by atoms with van der Waals surface area (Å²) in [6.45, 7) is 6.55. The number of aliphatic hydroxyl groups is 1. The normalized spacial score (nSPS) is 48.8. The highest BCUT2D eigenvalue weighted by atomic mass is 19.1. The number of alkyl halides is 1. The zero-order chi connectivity index (χ0) is 26.4. The lowest BCUT2D eigenvalue weighted by atomic mass is 9.44. The third kappa shape index (κ3) is 3.32. The summed E-state index contributed by atoms with van der Waals surface area (Å²) in [5.41, 5.74) is -3.71. The topological polar surface area (TPSA) is 93.2 Å². The lowest BCUT2D eigenvalue weighted by molar-refractivity contribution is -0.202. The number of fused-ring (bicyclic) bond motifs is 7. The molecule has 5 fully saturated rings. The van der Waals surface area contributed by atoms with Gasteiger partial charge in [-0.3, -0.25) is 14.4 Å². The smallest absolute Gasteiger partial charge is 0.306 e. The Kier molecular flexibility index (Phi) is 5.55. The van der Waals surface area contributed by atoms with Crippen molar-refractivity contribution in [2.24, 2.45) is 33.5 Å². The van der Waals surface area contributed by atoms with Crippen LogP contribution in [0.5, 0.6) is 0 Å². The Bertz CT molecular complexity index is 1110. The van der Waals surface area contributed by atoms with E-state index in [4.69, 9.17) is 9.47 Å². The lowest BCUT2D eigenvalue weighted by Gasteiger charge is -2.62. The van der Waals surface area contributed by atoms with Gasteiger partial charge in [0.15, 0.2) is 23.8 Å². The van der Waals surface area contributed by atoms with Crippen LogP contribution in [0.15, 0.2) is 23.8 Å². The zero-order valence-corrected chi connectivity index (χ0v) is 22.2. The second kappa shape index (κ2) is 8.08. The summed E-state index contributed by atoms with van der Waals surface area (Å²) in [4.78, 5) is 38.1. The van der Waals surface area contributed by atoms with Crippen LogP contribution in [0.1, 0.15) is 78.6 Å². The molecule has 1 unspecified atom stereocenters. The zero-order valence-electron chi connectivity index (χ0n) is 22.2. The highest BCUT2D eigenvalue weighted by Gasteiger charge is 2.85. The number of carbonyl (C=O) groups excluding carboxylic acids is 3. The molecule has 6 rings (SSSR count). The third-order valence-corrected chi connectivity index (χ3v) is 11.6. The number of esters is 1. The Labute approximate surface area is 218 Å². The molecule has 7 heteroatoms. The number of epoxide rings is 1. The number of ether oxygens (including phenoxy) is 2. The monoisotopic (exact) mass is 514 g/mol. The number of Topliss-reactive ketones (excluding diaryl/α,β-unsaturated/α-hetero) is 1. The van der Waals surface area contributed by atoms with Gasteiger partial charge in [-0.15, -0.1) is 0 Å². The van der Waals surface area contributed by atoms with Crippen LogP contribution in [0, 0.1) is 33.5 Å². The molecule has 1 saturated heterocycles. The second-order valence-corrected chi connectivity index (χ2v) is 13.4. The van der Waals surface area contributed by atoms with Crippen molar-refractivity contribution in [1.29, 1.82) is 0 Å². The summed E-state index contributed by atoms with van der Waals surface area (Å²) < 4.78 is 27.9. The van der Waals surface area contributed by atoms with Gasteiger partial charge in [-0.25, -0.2) is 4.39 Å². The van der Waals surface area contributed by atoms with Crippen LogP contribution < -0.4 is 0 Å². The molecule has 1 aliphatic heterocycles. The van der Waals surface area contributed by atoms with Crippen LogP contribution in [0.3, 0.4) is 0 Å². The quantitative estimate of drug-likeness (QED) is 0.293. The van der Waals surface area contributed by atoms with Crippen LogP contribution in [0.25, 0.3) is 0 Å². The van der Waals surface area contributed by atoms with E-state index >= 15 is 4.39 Å². The van der Waals surface area contributed by atoms with E-state index in [2.05, 4.69) is 13.8 Å². The fourth-order valence-corrected chi connectivity index (χ4v) is 9.56. The van der Waals surface area contributed by atoms with Crippen LogP contribution in [0.2, 0.25) is 0 Å². The fraction of sp³-hybridized carbons (Fsp3) is 0.767. The average Bonchev–Trinajstić information content (AvgIpc) is 3.75. The van der Waals surface area contributed by atoms with Gasteiger partial charge < -0.3 is 14.6 Å². The van der Waals surface area contributed by atoms with Crippen molar-refractivity contribution in [1.82, 2.24) is 0 Å². The number of halogens is 1. The van der Waals surface area contributed by atoms with Crippen molar-refractivity contribution in [3.8, 4) is 0 Å². The van der Waals surface area contributed by atoms with Gasteiger partial charge in [-0.1, -0.05) is 31.9 Å². The highest BCUT2D eigenvalue weighted by Crippen LogP contribution is 2.86. The van der Waals surface area contributed by atoms with Crippen LogP contribution in [-0.4, -0.2) is 53.7 Å². The molecular weight excluding hydrogens is 475 g/mol. The maximum absolute atomic E-state index is 17.3. The van der Waals surface area contributed by atoms with Gasteiger partial charge in [0.2, 0.25) is 0 Å². The predicted octanol–water partition coefficient (Wildman–Crippen LogP) is 4.44. The molecule has 4 saturated carbocycles. The molecule has 6 aliphatic rings. The van der Waals surface area contributed by atoms with Crippen LogP contribution >= 0.6 is 0 Å². The Morgan fingerprint density at radius 3 is 2.68 bits per heavy atom. The molecule has 0 aromatic rings. The van der Waals surface area contributed by atoms with Crippen LogP contribution in [0.4, 0.5) is 4.39 Å². The Hall–Kier alpha value is -1.86. The molecule has 0 aromatic heterocycles. The standard InChI is InChI=1S/C30H39FO6/c1-26-13-22-21-9-8-18-12-19(32)10-11-27(18,2)30(21,31)23(33)14-28(22,3)29(26,17-26)24(34)16-37-25(35)7-5-4-6-20-15-36-20/h10-12,20-23,33H,4-9,13-17H2,1-3H3/t20?,21-,22-,23-,26+,27-,28-,29-,30-/m0/s1. The Morgan fingerprint density at radius 2 is 1.95 bits per heavy atom. The molecule has 1 N–H and O–H groups in total. The Balaban J connectivity index is 1.20. The van der Waals surface area contributed by atoms with Gasteiger partial charge in [-0.05, 0) is 80.8 Å². The fourth-order valence-electron chi connectivity index (χ4n) is 9.56. The van der Waals surface area contributed by atoms with E-state index in [0.717, 1.165) is 37.9 Å². The van der Waals surface area contributed by atoms with Crippen molar-refractivity contribution < 1.29 is 33.4 Å².